The summed E-state index contributed by atoms with van der Waals surface area (Å²) in [4.78, 5) is 9.38. The highest BCUT2D eigenvalue weighted by atomic mass is 79.9. The minimum absolute atomic E-state index is 0.281. The molecule has 0 radical (unpaired) electrons. The molecule has 1 aromatic carbocycles. The smallest absolute Gasteiger partial charge is 0.231 e. The highest BCUT2D eigenvalue weighted by Crippen LogP contribution is 2.39. The van der Waals surface area contributed by atoms with Gasteiger partial charge in [-0.25, -0.2) is 0 Å². The first-order valence-corrected chi connectivity index (χ1v) is 9.89. The van der Waals surface area contributed by atoms with Gasteiger partial charge in [-0.1, -0.05) is 0 Å². The lowest BCUT2D eigenvalue weighted by atomic mass is 10.2. The molecule has 3 aliphatic heterocycles. The predicted octanol–water partition coefficient (Wildman–Crippen LogP) is 1.66. The summed E-state index contributed by atoms with van der Waals surface area (Å²) in [7, 11) is 1.85. The Balaban J connectivity index is 1.34. The summed E-state index contributed by atoms with van der Waals surface area (Å²) in [6, 6.07) is 4.68. The Morgan fingerprint density at radius 1 is 1.27 bits per heavy atom. The van der Waals surface area contributed by atoms with E-state index in [1.165, 1.54) is 6.42 Å². The van der Waals surface area contributed by atoms with Crippen LogP contribution in [0.2, 0.25) is 0 Å². The average Bonchev–Trinajstić information content (AvgIpc) is 3.33. The van der Waals surface area contributed by atoms with E-state index in [1.54, 1.807) is 0 Å². The minimum Gasteiger partial charge on any atom is -0.454 e. The number of morpholine rings is 1. The number of guanidine groups is 1. The molecule has 0 amide bonds. The molecule has 3 aliphatic rings. The van der Waals surface area contributed by atoms with Crippen molar-refractivity contribution in [1.82, 2.24) is 15.1 Å². The Bertz CT molecular complexity index is 679. The van der Waals surface area contributed by atoms with Crippen LogP contribution in [-0.4, -0.2) is 75.0 Å². The Labute approximate surface area is 162 Å². The highest BCUT2D eigenvalue weighted by molar-refractivity contribution is 9.10. The fraction of sp³-hybridized carbons (Fsp3) is 0.611. The maximum atomic E-state index is 5.50. The van der Waals surface area contributed by atoms with Crippen molar-refractivity contribution in [2.24, 2.45) is 4.99 Å². The Morgan fingerprint density at radius 3 is 2.92 bits per heavy atom. The second-order valence-electron chi connectivity index (χ2n) is 6.75. The van der Waals surface area contributed by atoms with Gasteiger partial charge in [-0.15, -0.1) is 0 Å². The first kappa shape index (κ1) is 17.9. The van der Waals surface area contributed by atoms with Gasteiger partial charge < -0.3 is 24.4 Å². The Hall–Kier alpha value is -1.51. The molecule has 7 nitrogen and oxygen atoms in total. The van der Waals surface area contributed by atoms with E-state index in [9.17, 15) is 0 Å². The second-order valence-corrected chi connectivity index (χ2v) is 7.60. The normalized spacial score (nSPS) is 23.5. The first-order valence-electron chi connectivity index (χ1n) is 9.10. The molecule has 142 valence electrons. The molecule has 0 saturated carbocycles. The number of ether oxygens (including phenoxy) is 3. The average molecular weight is 425 g/mol. The molecular formula is C18H25BrN4O3. The predicted molar refractivity (Wildman–Crippen MR) is 103 cm³/mol. The third-order valence-corrected chi connectivity index (χ3v) is 5.76. The van der Waals surface area contributed by atoms with Crippen molar-refractivity contribution in [3.05, 3.63) is 22.2 Å². The van der Waals surface area contributed by atoms with Crippen molar-refractivity contribution in [3.8, 4) is 11.5 Å². The van der Waals surface area contributed by atoms with E-state index in [1.807, 2.05) is 13.1 Å². The number of nitrogens with one attached hydrogen (secondary N) is 1. The third kappa shape index (κ3) is 3.77. The van der Waals surface area contributed by atoms with Crippen LogP contribution in [0.15, 0.2) is 21.6 Å². The molecule has 1 unspecified atom stereocenters. The number of nitrogens with zero attached hydrogens (tertiary/aromatic N) is 3. The second kappa shape index (κ2) is 8.02. The molecule has 0 aromatic heterocycles. The lowest BCUT2D eigenvalue weighted by Gasteiger charge is -2.32. The molecule has 1 atom stereocenters. The van der Waals surface area contributed by atoms with Gasteiger partial charge in [0.25, 0.3) is 0 Å². The summed E-state index contributed by atoms with van der Waals surface area (Å²) in [6.45, 7) is 6.80. The summed E-state index contributed by atoms with van der Waals surface area (Å²) in [5.74, 6) is 2.53. The molecule has 0 spiro atoms. The van der Waals surface area contributed by atoms with Crippen molar-refractivity contribution >= 4 is 21.9 Å². The van der Waals surface area contributed by atoms with Crippen LogP contribution in [0.25, 0.3) is 0 Å². The van der Waals surface area contributed by atoms with Crippen LogP contribution < -0.4 is 14.8 Å². The SMILES string of the molecule is CN=C(NCc1cc(Br)c2c(c1)OCO2)N1CCC(N2CCOCC2)C1. The summed E-state index contributed by atoms with van der Waals surface area (Å²) in [5, 5.41) is 3.49. The molecule has 0 aliphatic carbocycles. The Kier molecular flexibility index (Phi) is 5.52. The van der Waals surface area contributed by atoms with Gasteiger partial charge in [0.15, 0.2) is 17.5 Å². The maximum absolute atomic E-state index is 5.50. The quantitative estimate of drug-likeness (QED) is 0.588. The molecule has 3 heterocycles. The number of aliphatic imine (C=N–C) groups is 1. The summed E-state index contributed by atoms with van der Waals surface area (Å²) in [6.07, 6.45) is 1.18. The maximum Gasteiger partial charge on any atom is 0.231 e. The van der Waals surface area contributed by atoms with Gasteiger partial charge in [-0.05, 0) is 40.0 Å². The van der Waals surface area contributed by atoms with Gasteiger partial charge in [0.2, 0.25) is 6.79 Å². The fourth-order valence-electron chi connectivity index (χ4n) is 3.81. The molecular weight excluding hydrogens is 400 g/mol. The Morgan fingerprint density at radius 2 is 2.12 bits per heavy atom. The van der Waals surface area contributed by atoms with Crippen LogP contribution in [0, 0.1) is 0 Å². The molecule has 1 N–H and O–H groups in total. The molecule has 2 fully saturated rings. The number of halogens is 1. The fourth-order valence-corrected chi connectivity index (χ4v) is 4.41. The first-order chi connectivity index (χ1) is 12.7. The third-order valence-electron chi connectivity index (χ3n) is 5.17. The number of hydrogen-bond donors (Lipinski definition) is 1. The van der Waals surface area contributed by atoms with E-state index < -0.39 is 0 Å². The van der Waals surface area contributed by atoms with E-state index >= 15 is 0 Å². The largest absolute Gasteiger partial charge is 0.454 e. The highest BCUT2D eigenvalue weighted by Gasteiger charge is 2.30. The number of hydrogen-bond acceptors (Lipinski definition) is 5. The van der Waals surface area contributed by atoms with E-state index in [4.69, 9.17) is 14.2 Å². The van der Waals surface area contributed by atoms with Gasteiger partial charge in [0.05, 0.1) is 17.7 Å². The molecule has 4 rings (SSSR count). The van der Waals surface area contributed by atoms with Gasteiger partial charge in [0.1, 0.15) is 0 Å². The van der Waals surface area contributed by atoms with Crippen LogP contribution in [0.3, 0.4) is 0 Å². The van der Waals surface area contributed by atoms with Crippen molar-refractivity contribution in [3.63, 3.8) is 0 Å². The zero-order valence-corrected chi connectivity index (χ0v) is 16.6. The molecule has 8 heteroatoms. The van der Waals surface area contributed by atoms with E-state index in [0.717, 1.165) is 66.9 Å². The number of benzene rings is 1. The van der Waals surface area contributed by atoms with E-state index in [0.29, 0.717) is 12.6 Å². The zero-order valence-electron chi connectivity index (χ0n) is 15.0. The van der Waals surface area contributed by atoms with Gasteiger partial charge in [0, 0.05) is 45.8 Å². The molecule has 1 aromatic rings. The topological polar surface area (TPSA) is 58.6 Å². The van der Waals surface area contributed by atoms with Crippen molar-refractivity contribution < 1.29 is 14.2 Å². The van der Waals surface area contributed by atoms with Crippen molar-refractivity contribution in [2.75, 3.05) is 53.2 Å². The van der Waals surface area contributed by atoms with E-state index in [2.05, 4.69) is 42.1 Å². The standard InChI is InChI=1S/C18H25BrN4O3/c1-20-18(23-3-2-14(11-23)22-4-6-24-7-5-22)21-10-13-8-15(19)17-16(9-13)25-12-26-17/h8-9,14H,2-7,10-12H2,1H3,(H,20,21). The molecule has 26 heavy (non-hydrogen) atoms. The van der Waals surface area contributed by atoms with Gasteiger partial charge in [-0.3, -0.25) is 9.89 Å². The van der Waals surface area contributed by atoms with Gasteiger partial charge in [-0.2, -0.15) is 0 Å². The lowest BCUT2D eigenvalue weighted by molar-refractivity contribution is 0.0195. The van der Waals surface area contributed by atoms with Crippen LogP contribution in [0.5, 0.6) is 11.5 Å². The lowest BCUT2D eigenvalue weighted by Crippen LogP contribution is -2.46. The van der Waals surface area contributed by atoms with Crippen LogP contribution in [-0.2, 0) is 11.3 Å². The summed E-state index contributed by atoms with van der Waals surface area (Å²) >= 11 is 3.55. The zero-order chi connectivity index (χ0) is 17.9. The monoisotopic (exact) mass is 424 g/mol. The van der Waals surface area contributed by atoms with Gasteiger partial charge >= 0.3 is 0 Å². The molecule has 0 bridgehead atoms. The van der Waals surface area contributed by atoms with Crippen LogP contribution in [0.1, 0.15) is 12.0 Å². The molecule has 2 saturated heterocycles. The number of fused-ring (bicyclic) bond motifs is 1. The summed E-state index contributed by atoms with van der Waals surface area (Å²) in [5.41, 5.74) is 1.13. The van der Waals surface area contributed by atoms with Crippen molar-refractivity contribution in [2.45, 2.75) is 19.0 Å². The van der Waals surface area contributed by atoms with Crippen molar-refractivity contribution in [1.29, 1.82) is 0 Å². The summed E-state index contributed by atoms with van der Waals surface area (Å²) < 4.78 is 17.3. The number of rotatable bonds is 3. The minimum atomic E-state index is 0.281. The number of likely N-dealkylation sites (tertiary alicyclic amines) is 1. The van der Waals surface area contributed by atoms with Crippen LogP contribution >= 0.6 is 15.9 Å². The van der Waals surface area contributed by atoms with Crippen LogP contribution in [0.4, 0.5) is 0 Å². The van der Waals surface area contributed by atoms with E-state index in [-0.39, 0.29) is 6.79 Å².